The van der Waals surface area contributed by atoms with E-state index < -0.39 is 24.9 Å². The van der Waals surface area contributed by atoms with Gasteiger partial charge in [-0.15, -0.1) is 0 Å². The molecule has 1 saturated carbocycles. The Labute approximate surface area is 239 Å². The maximum Gasteiger partial charge on any atom is 0.406 e. The highest BCUT2D eigenvalue weighted by Crippen LogP contribution is 2.35. The highest BCUT2D eigenvalue weighted by Gasteiger charge is 2.32. The first-order valence-electron chi connectivity index (χ1n) is 14.2. The lowest BCUT2D eigenvalue weighted by Crippen LogP contribution is -2.46. The summed E-state index contributed by atoms with van der Waals surface area (Å²) in [6.45, 7) is -0.361. The Balaban J connectivity index is 1.22. The number of carbonyl (C=O) groups excluding carboxylic acids is 1. The third-order valence-corrected chi connectivity index (χ3v) is 8.19. The Morgan fingerprint density at radius 1 is 1.17 bits per heavy atom. The quantitative estimate of drug-likeness (QED) is 0.263. The molecule has 2 fully saturated rings. The van der Waals surface area contributed by atoms with Gasteiger partial charge in [0.25, 0.3) is 5.91 Å². The van der Waals surface area contributed by atoms with Crippen molar-refractivity contribution in [2.75, 3.05) is 25.5 Å². The number of alkyl halides is 4. The molecule has 1 saturated heterocycles. The number of amides is 1. The fourth-order valence-corrected chi connectivity index (χ4v) is 6.03. The molecule has 0 spiro atoms. The number of rotatable bonds is 8. The van der Waals surface area contributed by atoms with Gasteiger partial charge in [0.1, 0.15) is 12.7 Å². The maximum atomic E-state index is 14.7. The number of piperidine rings is 1. The van der Waals surface area contributed by atoms with Gasteiger partial charge in [-0.05, 0) is 50.6 Å². The molecule has 42 heavy (non-hydrogen) atoms. The summed E-state index contributed by atoms with van der Waals surface area (Å²) < 4.78 is 64.2. The van der Waals surface area contributed by atoms with Gasteiger partial charge in [0.15, 0.2) is 0 Å². The maximum absolute atomic E-state index is 14.7. The molecule has 0 radical (unpaired) electrons. The molecule has 6 rings (SSSR count). The van der Waals surface area contributed by atoms with E-state index in [1.54, 1.807) is 30.3 Å². The summed E-state index contributed by atoms with van der Waals surface area (Å²) in [6.07, 6.45) is 3.20. The zero-order chi connectivity index (χ0) is 29.4. The third-order valence-electron chi connectivity index (χ3n) is 8.19. The molecule has 0 bridgehead atoms. The zero-order valence-corrected chi connectivity index (χ0v) is 23.2. The van der Waals surface area contributed by atoms with Gasteiger partial charge in [-0.2, -0.15) is 18.2 Å². The molecular formula is C29H33F4N7O2. The minimum atomic E-state index is -4.52. The first-order valence-corrected chi connectivity index (χ1v) is 14.2. The average molecular weight is 588 g/mol. The Bertz CT molecular complexity index is 1550. The molecular weight excluding hydrogens is 554 g/mol. The zero-order valence-electron chi connectivity index (χ0n) is 23.2. The number of hydrogen-bond donors (Lipinski definition) is 2. The van der Waals surface area contributed by atoms with E-state index in [1.165, 1.54) is 12.8 Å². The van der Waals surface area contributed by atoms with Crippen LogP contribution in [-0.2, 0) is 13.1 Å². The molecule has 13 heteroatoms. The Morgan fingerprint density at radius 2 is 1.98 bits per heavy atom. The van der Waals surface area contributed by atoms with Crippen LogP contribution in [0.3, 0.4) is 0 Å². The lowest BCUT2D eigenvalue weighted by molar-refractivity contribution is -0.139. The van der Waals surface area contributed by atoms with Crippen molar-refractivity contribution in [1.82, 2.24) is 29.5 Å². The van der Waals surface area contributed by atoms with E-state index in [9.17, 15) is 22.4 Å². The topological polar surface area (TPSA) is 93.2 Å². The van der Waals surface area contributed by atoms with Crippen molar-refractivity contribution in [3.8, 4) is 11.5 Å². The minimum Gasteiger partial charge on any atom is -0.379 e. The number of carbonyl (C=O) groups is 1. The number of likely N-dealkylation sites (tertiary alicyclic amines) is 1. The number of aromatic nitrogens is 4. The summed E-state index contributed by atoms with van der Waals surface area (Å²) in [4.78, 5) is 18.9. The van der Waals surface area contributed by atoms with Crippen LogP contribution < -0.4 is 10.6 Å². The summed E-state index contributed by atoms with van der Waals surface area (Å²) >= 11 is 0. The number of hydrogen-bond acceptors (Lipinski definition) is 6. The van der Waals surface area contributed by atoms with Gasteiger partial charge in [0, 0.05) is 42.6 Å². The Hall–Kier alpha value is -3.87. The SMILES string of the molecule is CN1CC[C@@H](Nc2cccc3c2cc(-c2noc(CNC(=O)c4ccn(C5CCCC5)c4)n2)n3CC(F)(F)F)[C@@H](F)C1. The van der Waals surface area contributed by atoms with E-state index in [-0.39, 0.29) is 36.4 Å². The number of halogens is 4. The first kappa shape index (κ1) is 28.3. The minimum absolute atomic E-state index is 0.0410. The van der Waals surface area contributed by atoms with Crippen LogP contribution in [0, 0.1) is 0 Å². The summed E-state index contributed by atoms with van der Waals surface area (Å²) in [5.74, 6) is -0.295. The molecule has 0 unspecified atom stereocenters. The van der Waals surface area contributed by atoms with Crippen LogP contribution in [0.2, 0.25) is 0 Å². The fraction of sp³-hybridized carbons (Fsp3) is 0.483. The van der Waals surface area contributed by atoms with E-state index in [4.69, 9.17) is 4.52 Å². The van der Waals surface area contributed by atoms with E-state index in [0.717, 1.165) is 17.4 Å². The number of anilines is 1. The van der Waals surface area contributed by atoms with E-state index in [2.05, 4.69) is 25.3 Å². The van der Waals surface area contributed by atoms with Crippen molar-refractivity contribution in [2.24, 2.45) is 0 Å². The normalized spacial score (nSPS) is 20.4. The first-order chi connectivity index (χ1) is 20.1. The lowest BCUT2D eigenvalue weighted by Gasteiger charge is -2.33. The van der Waals surface area contributed by atoms with Crippen LogP contribution >= 0.6 is 0 Å². The largest absolute Gasteiger partial charge is 0.406 e. The number of nitrogens with one attached hydrogen (secondary N) is 2. The number of fused-ring (bicyclic) bond motifs is 1. The van der Waals surface area contributed by atoms with Crippen molar-refractivity contribution in [3.63, 3.8) is 0 Å². The highest BCUT2D eigenvalue weighted by atomic mass is 19.4. The summed E-state index contributed by atoms with van der Waals surface area (Å²) in [5.41, 5.74) is 1.45. The molecule has 2 N–H and O–H groups in total. The summed E-state index contributed by atoms with van der Waals surface area (Å²) in [6, 6.07) is 8.21. The van der Waals surface area contributed by atoms with Crippen LogP contribution in [0.15, 0.2) is 47.2 Å². The van der Waals surface area contributed by atoms with Gasteiger partial charge >= 0.3 is 6.18 Å². The van der Waals surface area contributed by atoms with Crippen molar-refractivity contribution in [1.29, 1.82) is 0 Å². The van der Waals surface area contributed by atoms with Gasteiger partial charge < -0.3 is 29.2 Å². The van der Waals surface area contributed by atoms with Crippen LogP contribution in [0.25, 0.3) is 22.4 Å². The third kappa shape index (κ3) is 6.01. The van der Waals surface area contributed by atoms with E-state index in [1.807, 2.05) is 24.3 Å². The van der Waals surface area contributed by atoms with Crippen molar-refractivity contribution in [3.05, 3.63) is 54.2 Å². The van der Waals surface area contributed by atoms with Gasteiger partial charge in [-0.1, -0.05) is 24.1 Å². The average Bonchev–Trinajstić information content (AvgIpc) is 3.75. The second kappa shape index (κ2) is 11.4. The molecule has 1 aromatic carbocycles. The smallest absolute Gasteiger partial charge is 0.379 e. The second-order valence-corrected chi connectivity index (χ2v) is 11.3. The number of nitrogens with zero attached hydrogens (tertiary/aromatic N) is 5. The van der Waals surface area contributed by atoms with E-state index in [0.29, 0.717) is 41.2 Å². The second-order valence-electron chi connectivity index (χ2n) is 11.3. The van der Waals surface area contributed by atoms with Crippen molar-refractivity contribution < 1.29 is 26.9 Å². The summed E-state index contributed by atoms with van der Waals surface area (Å²) in [7, 11) is 1.85. The molecule has 1 amide bonds. The Morgan fingerprint density at radius 3 is 2.74 bits per heavy atom. The van der Waals surface area contributed by atoms with E-state index >= 15 is 0 Å². The fourth-order valence-electron chi connectivity index (χ4n) is 6.03. The molecule has 3 aromatic heterocycles. The molecule has 224 valence electrons. The van der Waals surface area contributed by atoms with Crippen LogP contribution in [-0.4, -0.2) is 68.6 Å². The van der Waals surface area contributed by atoms with Gasteiger partial charge in [0.05, 0.1) is 29.4 Å². The van der Waals surface area contributed by atoms with Gasteiger partial charge in [-0.3, -0.25) is 4.79 Å². The lowest BCUT2D eigenvalue weighted by atomic mass is 10.0. The predicted octanol–water partition coefficient (Wildman–Crippen LogP) is 5.55. The monoisotopic (exact) mass is 587 g/mol. The van der Waals surface area contributed by atoms with Crippen molar-refractivity contribution >= 4 is 22.5 Å². The molecule has 2 aliphatic rings. The predicted molar refractivity (Wildman–Crippen MR) is 149 cm³/mol. The molecule has 4 aromatic rings. The van der Waals surface area contributed by atoms with Crippen LogP contribution in [0.1, 0.15) is 54.4 Å². The van der Waals surface area contributed by atoms with Crippen LogP contribution in [0.4, 0.5) is 23.2 Å². The number of benzene rings is 1. The molecule has 9 nitrogen and oxygen atoms in total. The molecule has 2 atom stereocenters. The molecule has 1 aliphatic carbocycles. The molecule has 1 aliphatic heterocycles. The summed E-state index contributed by atoms with van der Waals surface area (Å²) in [5, 5.41) is 10.4. The highest BCUT2D eigenvalue weighted by molar-refractivity contribution is 5.96. The standard InChI is InChI=1S/C29H33F4N7O2/c1-38-11-10-23(21(30)16-38)35-22-7-4-8-24-20(22)13-25(40(24)17-29(31,32)33)27-36-26(42-37-27)14-34-28(41)18-9-12-39(15-18)19-5-2-3-6-19/h4,7-9,12-13,15,19,21,23,35H,2-3,5-6,10-11,14,16-17H2,1H3,(H,34,41)/t21-,23+/m0/s1. The van der Waals surface area contributed by atoms with Gasteiger partial charge in [-0.25, -0.2) is 4.39 Å². The van der Waals surface area contributed by atoms with Crippen molar-refractivity contribution in [2.45, 2.75) is 69.6 Å². The Kier molecular flexibility index (Phi) is 7.69. The van der Waals surface area contributed by atoms with Gasteiger partial charge in [0.2, 0.25) is 11.7 Å². The molecule has 4 heterocycles. The van der Waals surface area contributed by atoms with Crippen LogP contribution in [0.5, 0.6) is 0 Å².